The lowest BCUT2D eigenvalue weighted by atomic mass is 10.1. The Balaban J connectivity index is 1.31. The Morgan fingerprint density at radius 3 is 1.24 bits per heavy atom. The molecule has 49 heavy (non-hydrogen) atoms. The summed E-state index contributed by atoms with van der Waals surface area (Å²) in [6.45, 7) is -2.43. The Kier molecular flexibility index (Phi) is 11.9. The van der Waals surface area contributed by atoms with Crippen LogP contribution in [0.5, 0.6) is 0 Å². The molecule has 4 rings (SSSR count). The van der Waals surface area contributed by atoms with Gasteiger partial charge < -0.3 is 49.5 Å². The van der Waals surface area contributed by atoms with Crippen LogP contribution in [0.2, 0.25) is 0 Å². The normalized spacial score (nSPS) is 32.2. The molecule has 0 saturated carbocycles. The fraction of sp³-hybridized carbons (Fsp3) is 0.556. The van der Waals surface area contributed by atoms with E-state index in [1.165, 1.54) is 0 Å². The van der Waals surface area contributed by atoms with Crippen molar-refractivity contribution < 1.29 is 89.7 Å². The zero-order chi connectivity index (χ0) is 36.7. The number of H-pyrrole nitrogens is 2. The van der Waals surface area contributed by atoms with E-state index in [-0.39, 0.29) is 0 Å². The second-order valence-corrected chi connectivity index (χ2v) is 16.1. The van der Waals surface area contributed by atoms with Crippen LogP contribution in [0.1, 0.15) is 12.5 Å². The minimum Gasteiger partial charge on any atom is -0.387 e. The van der Waals surface area contributed by atoms with Crippen molar-refractivity contribution in [2.75, 3.05) is 13.2 Å². The van der Waals surface area contributed by atoms with E-state index in [0.717, 1.165) is 24.5 Å². The van der Waals surface area contributed by atoms with Crippen LogP contribution in [0, 0.1) is 0 Å². The number of aromatic amines is 2. The van der Waals surface area contributed by atoms with Crippen LogP contribution in [-0.4, -0.2) is 109 Å². The highest BCUT2D eigenvalue weighted by atomic mass is 31.3. The van der Waals surface area contributed by atoms with E-state index < -0.39 is 116 Å². The number of phosphoric acid groups is 4. The van der Waals surface area contributed by atoms with Gasteiger partial charge in [-0.25, -0.2) is 27.8 Å². The lowest BCUT2D eigenvalue weighted by molar-refractivity contribution is -0.0544. The molecule has 31 heteroatoms. The van der Waals surface area contributed by atoms with Crippen molar-refractivity contribution in [2.24, 2.45) is 0 Å². The first-order chi connectivity index (χ1) is 22.5. The monoisotopic (exact) mass is 790 g/mol. The SMILES string of the molecule is O=c1ccn([C@@H]2O[C@H](COP(=O)(O)OP(=O)(O)OP(=O)(O)OP(=O)(O)OCC3O[C@H](n4ccc(=O)[nH]c4=O)[C@@H](O)[C@H]3O)[C@@H](O)[C@H]2O)c(=O)[nH]1. The minimum atomic E-state index is -6.24. The molecule has 0 amide bonds. The molecular formula is C18H26N4O23P4. The summed E-state index contributed by atoms with van der Waals surface area (Å²) in [6.07, 6.45) is -12.6. The van der Waals surface area contributed by atoms with Gasteiger partial charge in [0.15, 0.2) is 12.5 Å². The molecule has 10 N–H and O–H groups in total. The number of aromatic nitrogens is 4. The lowest BCUT2D eigenvalue weighted by Crippen LogP contribution is -2.37. The highest BCUT2D eigenvalue weighted by Crippen LogP contribution is 2.71. The number of hydrogen-bond acceptors (Lipinski definition) is 19. The van der Waals surface area contributed by atoms with Gasteiger partial charge in [-0.2, -0.15) is 12.9 Å². The summed E-state index contributed by atoms with van der Waals surface area (Å²) >= 11 is 0. The van der Waals surface area contributed by atoms with Gasteiger partial charge in [-0.3, -0.25) is 37.7 Å². The maximum Gasteiger partial charge on any atom is 0.490 e. The molecule has 0 spiro atoms. The molecule has 2 aromatic heterocycles. The zero-order valence-electron chi connectivity index (χ0n) is 23.7. The van der Waals surface area contributed by atoms with Crippen molar-refractivity contribution in [1.82, 2.24) is 19.1 Å². The molecule has 2 fully saturated rings. The first kappa shape index (κ1) is 39.5. The summed E-state index contributed by atoms with van der Waals surface area (Å²) in [7, 11) is -24.1. The molecule has 27 nitrogen and oxygen atoms in total. The van der Waals surface area contributed by atoms with Crippen LogP contribution < -0.4 is 22.5 Å². The summed E-state index contributed by atoms with van der Waals surface area (Å²) in [6, 6.07) is 1.73. The number of phosphoric ester groups is 2. The topological polar surface area (TPSA) is 404 Å². The Bertz CT molecular complexity index is 1820. The van der Waals surface area contributed by atoms with Gasteiger partial charge in [0, 0.05) is 24.5 Å². The molecule has 2 saturated heterocycles. The molecule has 0 bridgehead atoms. The van der Waals surface area contributed by atoms with Gasteiger partial charge in [0.2, 0.25) is 0 Å². The van der Waals surface area contributed by atoms with E-state index in [2.05, 4.69) is 22.0 Å². The van der Waals surface area contributed by atoms with Gasteiger partial charge in [-0.05, 0) is 0 Å². The molecule has 2 aliphatic rings. The third kappa shape index (κ3) is 9.93. The summed E-state index contributed by atoms with van der Waals surface area (Å²) in [5.41, 5.74) is -3.78. The van der Waals surface area contributed by atoms with Crippen LogP contribution in [0.25, 0.3) is 0 Å². The summed E-state index contributed by atoms with van der Waals surface area (Å²) in [5.74, 6) is 0. The summed E-state index contributed by atoms with van der Waals surface area (Å²) < 4.78 is 80.5. The van der Waals surface area contributed by atoms with Gasteiger partial charge in [0.1, 0.15) is 36.6 Å². The van der Waals surface area contributed by atoms with E-state index in [9.17, 15) is 77.4 Å². The van der Waals surface area contributed by atoms with E-state index in [1.807, 2.05) is 9.97 Å². The van der Waals surface area contributed by atoms with Gasteiger partial charge in [0.05, 0.1) is 13.2 Å². The quantitative estimate of drug-likeness (QED) is 0.0811. The van der Waals surface area contributed by atoms with Crippen molar-refractivity contribution in [3.05, 3.63) is 66.2 Å². The third-order valence-electron chi connectivity index (χ3n) is 6.35. The largest absolute Gasteiger partial charge is 0.490 e. The molecule has 12 atom stereocenters. The summed E-state index contributed by atoms with van der Waals surface area (Å²) in [4.78, 5) is 89.1. The van der Waals surface area contributed by atoms with Gasteiger partial charge in [-0.1, -0.05) is 0 Å². The van der Waals surface area contributed by atoms with Gasteiger partial charge >= 0.3 is 42.7 Å². The summed E-state index contributed by atoms with van der Waals surface area (Å²) in [5, 5.41) is 40.7. The van der Waals surface area contributed by atoms with E-state index in [0.29, 0.717) is 9.13 Å². The van der Waals surface area contributed by atoms with E-state index in [1.54, 1.807) is 0 Å². The number of ether oxygens (including phenoxy) is 2. The number of rotatable bonds is 14. The lowest BCUT2D eigenvalue weighted by Gasteiger charge is -2.21. The maximum atomic E-state index is 12.2. The van der Waals surface area contributed by atoms with Gasteiger partial charge in [-0.15, -0.1) is 0 Å². The molecule has 4 heterocycles. The van der Waals surface area contributed by atoms with Crippen LogP contribution in [0.3, 0.4) is 0 Å². The Morgan fingerprint density at radius 1 is 0.592 bits per heavy atom. The first-order valence-electron chi connectivity index (χ1n) is 12.9. The molecule has 0 radical (unpaired) electrons. The predicted octanol–water partition coefficient (Wildman–Crippen LogP) is -4.19. The second kappa shape index (κ2) is 14.7. The minimum absolute atomic E-state index is 0.642. The fourth-order valence-corrected chi connectivity index (χ4v) is 9.20. The molecule has 5 unspecified atom stereocenters. The number of aliphatic hydroxyl groups is 4. The van der Waals surface area contributed by atoms with Crippen LogP contribution in [0.4, 0.5) is 0 Å². The maximum absolute atomic E-state index is 12.2. The Hall–Kier alpha value is -2.32. The Labute approximate surface area is 268 Å². The molecule has 0 aromatic carbocycles. The van der Waals surface area contributed by atoms with Crippen molar-refractivity contribution >= 4 is 31.3 Å². The Morgan fingerprint density at radius 2 is 0.918 bits per heavy atom. The predicted molar refractivity (Wildman–Crippen MR) is 149 cm³/mol. The van der Waals surface area contributed by atoms with E-state index in [4.69, 9.17) is 9.47 Å². The van der Waals surface area contributed by atoms with Crippen LogP contribution in [-0.2, 0) is 49.7 Å². The number of nitrogens with one attached hydrogen (secondary N) is 2. The van der Waals surface area contributed by atoms with Crippen molar-refractivity contribution in [3.8, 4) is 0 Å². The van der Waals surface area contributed by atoms with Crippen molar-refractivity contribution in [3.63, 3.8) is 0 Å². The van der Waals surface area contributed by atoms with Gasteiger partial charge in [0.25, 0.3) is 11.1 Å². The molecule has 0 aliphatic carbocycles. The van der Waals surface area contributed by atoms with Crippen molar-refractivity contribution in [2.45, 2.75) is 49.1 Å². The molecule has 2 aliphatic heterocycles. The molecule has 276 valence electrons. The average molecular weight is 790 g/mol. The highest BCUT2D eigenvalue weighted by Gasteiger charge is 2.49. The molecular weight excluding hydrogens is 764 g/mol. The number of aliphatic hydroxyl groups excluding tert-OH is 4. The van der Waals surface area contributed by atoms with Crippen molar-refractivity contribution in [1.29, 1.82) is 0 Å². The zero-order valence-corrected chi connectivity index (χ0v) is 27.3. The highest BCUT2D eigenvalue weighted by molar-refractivity contribution is 7.69. The standard InChI is InChI=1S/C18H26N4O23P4/c23-9-1-3-21(17(29)19-9)15-13(27)11(25)7(41-15)5-39-46(31,32)43-48(35,36)45-49(37,38)44-47(33,34)40-6-8-12(26)14(28)16(42-8)22-4-2-10(24)20-18(22)30/h1-4,7-8,11-16,25-28H,5-6H2,(H,31,32)(H,33,34)(H,35,36)(H,37,38)(H,19,23,29)(H,20,24,30)/t7-,8?,11-,12+,13-,14+,15-,16+/m1/s1. The fourth-order valence-electron chi connectivity index (χ4n) is 4.25. The number of hydrogen-bond donors (Lipinski definition) is 10. The average Bonchev–Trinajstić information content (AvgIpc) is 3.38. The smallest absolute Gasteiger partial charge is 0.387 e. The van der Waals surface area contributed by atoms with E-state index >= 15 is 0 Å². The van der Waals surface area contributed by atoms with Crippen LogP contribution in [0.15, 0.2) is 43.7 Å². The molecule has 2 aromatic rings. The first-order valence-corrected chi connectivity index (χ1v) is 18.9. The van der Waals surface area contributed by atoms with Crippen LogP contribution >= 0.6 is 31.3 Å². The second-order valence-electron chi connectivity index (χ2n) is 9.84. The third-order valence-corrected chi connectivity index (χ3v) is 12.3. The number of nitrogens with zero attached hydrogens (tertiary/aromatic N) is 2.